The normalized spacial score (nSPS) is 17.3. The Morgan fingerprint density at radius 3 is 2.42 bits per heavy atom. The highest BCUT2D eigenvalue weighted by molar-refractivity contribution is 5.38. The summed E-state index contributed by atoms with van der Waals surface area (Å²) in [6.45, 7) is 10.4. The van der Waals surface area contributed by atoms with Gasteiger partial charge in [0.2, 0.25) is 0 Å². The maximum absolute atomic E-state index is 6.03. The van der Waals surface area contributed by atoms with Crippen molar-refractivity contribution in [2.24, 2.45) is 11.1 Å². The first-order chi connectivity index (χ1) is 8.86. The molecular weight excluding hydrogens is 234 g/mol. The Morgan fingerprint density at radius 1 is 1.26 bits per heavy atom. The van der Waals surface area contributed by atoms with Gasteiger partial charge in [0, 0.05) is 5.41 Å². The lowest BCUT2D eigenvalue weighted by Crippen LogP contribution is -2.18. The second-order valence-corrected chi connectivity index (χ2v) is 7.06. The van der Waals surface area contributed by atoms with Crippen molar-refractivity contribution in [2.45, 2.75) is 52.4 Å². The topological polar surface area (TPSA) is 35.2 Å². The summed E-state index contributed by atoms with van der Waals surface area (Å²) in [6.07, 6.45) is 3.62. The van der Waals surface area contributed by atoms with Gasteiger partial charge in [0.05, 0.1) is 6.61 Å². The van der Waals surface area contributed by atoms with Crippen LogP contribution in [0.15, 0.2) is 18.2 Å². The third-order valence-electron chi connectivity index (χ3n) is 4.21. The second kappa shape index (κ2) is 5.16. The maximum Gasteiger partial charge on any atom is 0.122 e. The van der Waals surface area contributed by atoms with Gasteiger partial charge in [0.1, 0.15) is 5.75 Å². The van der Waals surface area contributed by atoms with Crippen LogP contribution in [-0.4, -0.2) is 13.2 Å². The van der Waals surface area contributed by atoms with E-state index in [2.05, 4.69) is 45.9 Å². The van der Waals surface area contributed by atoms with E-state index in [0.29, 0.717) is 5.41 Å². The summed E-state index contributed by atoms with van der Waals surface area (Å²) in [7, 11) is 0. The molecule has 2 nitrogen and oxygen atoms in total. The number of hydrogen-bond acceptors (Lipinski definition) is 2. The Labute approximate surface area is 117 Å². The summed E-state index contributed by atoms with van der Waals surface area (Å²) >= 11 is 0. The van der Waals surface area contributed by atoms with Crippen LogP contribution >= 0.6 is 0 Å². The molecule has 0 saturated heterocycles. The number of ether oxygens (including phenoxy) is 1. The van der Waals surface area contributed by atoms with Crippen molar-refractivity contribution >= 4 is 0 Å². The van der Waals surface area contributed by atoms with E-state index in [-0.39, 0.29) is 5.41 Å². The van der Waals surface area contributed by atoms with Gasteiger partial charge in [-0.3, -0.25) is 0 Å². The minimum Gasteiger partial charge on any atom is -0.493 e. The Bertz CT molecular complexity index is 441. The molecule has 0 atom stereocenters. The van der Waals surface area contributed by atoms with E-state index in [1.54, 1.807) is 0 Å². The number of aryl methyl sites for hydroxylation is 1. The van der Waals surface area contributed by atoms with Gasteiger partial charge in [0.25, 0.3) is 0 Å². The van der Waals surface area contributed by atoms with Crippen LogP contribution in [0.5, 0.6) is 5.75 Å². The van der Waals surface area contributed by atoms with Crippen molar-refractivity contribution in [3.8, 4) is 5.75 Å². The summed E-state index contributed by atoms with van der Waals surface area (Å²) in [4.78, 5) is 0. The van der Waals surface area contributed by atoms with E-state index >= 15 is 0 Å². The van der Waals surface area contributed by atoms with Crippen molar-refractivity contribution in [1.82, 2.24) is 0 Å². The predicted molar refractivity (Wildman–Crippen MR) is 80.7 cm³/mol. The second-order valence-electron chi connectivity index (χ2n) is 7.06. The Balaban J connectivity index is 2.02. The first kappa shape index (κ1) is 14.4. The first-order valence-electron chi connectivity index (χ1n) is 7.30. The van der Waals surface area contributed by atoms with Gasteiger partial charge < -0.3 is 10.5 Å². The molecule has 1 aromatic carbocycles. The molecule has 0 aromatic heterocycles. The van der Waals surface area contributed by atoms with Crippen LogP contribution in [0.2, 0.25) is 0 Å². The lowest BCUT2D eigenvalue weighted by atomic mass is 9.86. The number of rotatable bonds is 5. The fourth-order valence-electron chi connectivity index (χ4n) is 2.46. The molecule has 0 bridgehead atoms. The smallest absolute Gasteiger partial charge is 0.122 e. The van der Waals surface area contributed by atoms with Crippen molar-refractivity contribution in [3.63, 3.8) is 0 Å². The molecule has 0 aliphatic heterocycles. The summed E-state index contributed by atoms with van der Waals surface area (Å²) in [6, 6.07) is 6.55. The quantitative estimate of drug-likeness (QED) is 0.875. The van der Waals surface area contributed by atoms with Crippen LogP contribution < -0.4 is 10.5 Å². The van der Waals surface area contributed by atoms with E-state index in [1.165, 1.54) is 24.0 Å². The number of benzene rings is 1. The molecular formula is C17H27NO. The van der Waals surface area contributed by atoms with Crippen LogP contribution in [0.4, 0.5) is 0 Å². The number of nitrogens with two attached hydrogens (primary N) is 1. The summed E-state index contributed by atoms with van der Waals surface area (Å²) in [5, 5.41) is 0. The fraction of sp³-hybridized carbons (Fsp3) is 0.647. The maximum atomic E-state index is 6.03. The highest BCUT2D eigenvalue weighted by Gasteiger charge is 2.42. The molecule has 0 radical (unpaired) electrons. The molecule has 2 rings (SSSR count). The Hall–Kier alpha value is -1.02. The SMILES string of the molecule is Cc1cc(C(C)(C)C)ccc1OCC1(CCN)CC1. The summed E-state index contributed by atoms with van der Waals surface area (Å²) in [5.41, 5.74) is 8.83. The predicted octanol–water partition coefficient (Wildman–Crippen LogP) is 3.80. The molecule has 1 aromatic rings. The Morgan fingerprint density at radius 2 is 1.95 bits per heavy atom. The molecule has 1 aliphatic rings. The molecule has 106 valence electrons. The van der Waals surface area contributed by atoms with E-state index in [0.717, 1.165) is 25.3 Å². The van der Waals surface area contributed by atoms with E-state index in [4.69, 9.17) is 10.5 Å². The largest absolute Gasteiger partial charge is 0.493 e. The molecule has 0 unspecified atom stereocenters. The van der Waals surface area contributed by atoms with Crippen molar-refractivity contribution in [1.29, 1.82) is 0 Å². The zero-order chi connectivity index (χ0) is 14.1. The molecule has 0 spiro atoms. The van der Waals surface area contributed by atoms with Crippen LogP contribution in [0.25, 0.3) is 0 Å². The highest BCUT2D eigenvalue weighted by Crippen LogP contribution is 2.48. The molecule has 2 heteroatoms. The van der Waals surface area contributed by atoms with Crippen molar-refractivity contribution in [2.75, 3.05) is 13.2 Å². The third-order valence-corrected chi connectivity index (χ3v) is 4.21. The van der Waals surface area contributed by atoms with Crippen LogP contribution in [0.3, 0.4) is 0 Å². The van der Waals surface area contributed by atoms with Gasteiger partial charge >= 0.3 is 0 Å². The number of hydrogen-bond donors (Lipinski definition) is 1. The lowest BCUT2D eigenvalue weighted by molar-refractivity contribution is 0.225. The molecule has 1 aliphatic carbocycles. The fourth-order valence-corrected chi connectivity index (χ4v) is 2.46. The van der Waals surface area contributed by atoms with Crippen LogP contribution in [0.1, 0.15) is 51.2 Å². The van der Waals surface area contributed by atoms with Crippen LogP contribution in [0, 0.1) is 12.3 Å². The van der Waals surface area contributed by atoms with Gasteiger partial charge in [-0.05, 0) is 55.3 Å². The Kier molecular flexibility index (Phi) is 3.91. The minimum absolute atomic E-state index is 0.195. The molecule has 0 heterocycles. The summed E-state index contributed by atoms with van der Waals surface area (Å²) in [5.74, 6) is 1.02. The van der Waals surface area contributed by atoms with E-state index in [1.807, 2.05) is 0 Å². The molecule has 0 amide bonds. The highest BCUT2D eigenvalue weighted by atomic mass is 16.5. The standard InChI is InChI=1S/C17H27NO/c1-13-11-14(16(2,3)4)5-6-15(13)19-12-17(7-8-17)9-10-18/h5-6,11H,7-10,12,18H2,1-4H3. The molecule has 2 N–H and O–H groups in total. The van der Waals surface area contributed by atoms with Gasteiger partial charge in [0.15, 0.2) is 0 Å². The van der Waals surface area contributed by atoms with Crippen molar-refractivity contribution in [3.05, 3.63) is 29.3 Å². The zero-order valence-electron chi connectivity index (χ0n) is 12.8. The van der Waals surface area contributed by atoms with Gasteiger partial charge in [-0.2, -0.15) is 0 Å². The molecule has 1 saturated carbocycles. The lowest BCUT2D eigenvalue weighted by Gasteiger charge is -2.21. The van der Waals surface area contributed by atoms with E-state index in [9.17, 15) is 0 Å². The van der Waals surface area contributed by atoms with Gasteiger partial charge in [-0.25, -0.2) is 0 Å². The van der Waals surface area contributed by atoms with Crippen molar-refractivity contribution < 1.29 is 4.74 Å². The van der Waals surface area contributed by atoms with E-state index < -0.39 is 0 Å². The monoisotopic (exact) mass is 261 g/mol. The summed E-state index contributed by atoms with van der Waals surface area (Å²) < 4.78 is 6.03. The van der Waals surface area contributed by atoms with Gasteiger partial charge in [-0.15, -0.1) is 0 Å². The average Bonchev–Trinajstić information content (AvgIpc) is 3.07. The average molecular weight is 261 g/mol. The van der Waals surface area contributed by atoms with Gasteiger partial charge in [-0.1, -0.05) is 32.9 Å². The first-order valence-corrected chi connectivity index (χ1v) is 7.30. The third kappa shape index (κ3) is 3.50. The van der Waals surface area contributed by atoms with Crippen LogP contribution in [-0.2, 0) is 5.41 Å². The minimum atomic E-state index is 0.195. The molecule has 1 fully saturated rings. The molecule has 19 heavy (non-hydrogen) atoms. The zero-order valence-corrected chi connectivity index (χ0v) is 12.8.